The number of unbranched alkanes of at least 4 members (excludes halogenated alkanes) is 1. The van der Waals surface area contributed by atoms with Gasteiger partial charge in [0.1, 0.15) is 5.82 Å². The van der Waals surface area contributed by atoms with Crippen molar-refractivity contribution in [2.75, 3.05) is 0 Å². The third-order valence-corrected chi connectivity index (χ3v) is 3.32. The van der Waals surface area contributed by atoms with Crippen LogP contribution in [0.2, 0.25) is 0 Å². The monoisotopic (exact) mass is 280 g/mol. The second-order valence-electron chi connectivity index (χ2n) is 5.71. The van der Waals surface area contributed by atoms with Crippen molar-refractivity contribution in [3.05, 3.63) is 35.1 Å². The molecule has 0 heterocycles. The Morgan fingerprint density at radius 3 is 2.45 bits per heavy atom. The average molecular weight is 280 g/mol. The van der Waals surface area contributed by atoms with Crippen LogP contribution in [0.15, 0.2) is 18.2 Å². The van der Waals surface area contributed by atoms with E-state index in [4.69, 9.17) is 5.11 Å². The predicted octanol–water partition coefficient (Wildman–Crippen LogP) is 3.85. The summed E-state index contributed by atoms with van der Waals surface area (Å²) in [5.41, 5.74) is -0.280. The van der Waals surface area contributed by atoms with Crippen LogP contribution in [0, 0.1) is 11.2 Å². The number of aliphatic carboxylic acids is 1. The Labute approximate surface area is 118 Å². The Hall–Kier alpha value is -1.71. The first-order chi connectivity index (χ1) is 9.27. The van der Waals surface area contributed by atoms with Gasteiger partial charge >= 0.3 is 5.97 Å². The molecule has 110 valence electrons. The molecule has 1 aromatic rings. The molecule has 0 aliphatic heterocycles. The molecule has 1 aromatic carbocycles. The van der Waals surface area contributed by atoms with Gasteiger partial charge in [-0.15, -0.1) is 0 Å². The number of benzene rings is 1. The molecular weight excluding hydrogens is 259 g/mol. The number of hydrogen-bond donors (Lipinski definition) is 1. The van der Waals surface area contributed by atoms with E-state index in [-0.39, 0.29) is 17.8 Å². The quantitative estimate of drug-likeness (QED) is 0.772. The number of rotatable bonds is 7. The molecule has 0 bridgehead atoms. The lowest BCUT2D eigenvalue weighted by Gasteiger charge is -2.19. The number of carboxylic acid groups (broad SMARTS) is 1. The zero-order chi connectivity index (χ0) is 15.3. The van der Waals surface area contributed by atoms with Gasteiger partial charge in [0, 0.05) is 6.42 Å². The molecule has 0 spiro atoms. The van der Waals surface area contributed by atoms with Gasteiger partial charge in [-0.05, 0) is 44.4 Å². The van der Waals surface area contributed by atoms with Crippen molar-refractivity contribution < 1.29 is 19.1 Å². The zero-order valence-electron chi connectivity index (χ0n) is 12.2. The molecule has 0 saturated carbocycles. The molecule has 0 amide bonds. The summed E-state index contributed by atoms with van der Waals surface area (Å²) in [6.07, 6.45) is 2.19. The van der Waals surface area contributed by atoms with E-state index in [0.29, 0.717) is 12.0 Å². The van der Waals surface area contributed by atoms with Gasteiger partial charge in [-0.25, -0.2) is 4.39 Å². The minimum absolute atomic E-state index is 0.0929. The van der Waals surface area contributed by atoms with Crippen molar-refractivity contribution in [2.45, 2.75) is 46.5 Å². The number of carboxylic acids is 1. The summed E-state index contributed by atoms with van der Waals surface area (Å²) in [6, 6.07) is 4.36. The first-order valence-electron chi connectivity index (χ1n) is 6.83. The van der Waals surface area contributed by atoms with Crippen molar-refractivity contribution in [2.24, 2.45) is 5.41 Å². The molecule has 0 unspecified atom stereocenters. The van der Waals surface area contributed by atoms with E-state index >= 15 is 0 Å². The molecule has 0 aliphatic carbocycles. The van der Waals surface area contributed by atoms with Gasteiger partial charge < -0.3 is 5.11 Å². The minimum Gasteiger partial charge on any atom is -0.481 e. The molecule has 20 heavy (non-hydrogen) atoms. The molecule has 0 atom stereocenters. The molecule has 4 heteroatoms. The molecule has 3 nitrogen and oxygen atoms in total. The smallest absolute Gasteiger partial charge is 0.309 e. The lowest BCUT2D eigenvalue weighted by molar-refractivity contribution is -0.146. The average Bonchev–Trinajstić information content (AvgIpc) is 2.35. The molecule has 1 rings (SSSR count). The third-order valence-electron chi connectivity index (χ3n) is 3.32. The highest BCUT2D eigenvalue weighted by Gasteiger charge is 2.27. The number of carbonyl (C=O) groups is 2. The first kappa shape index (κ1) is 16.3. The number of halogens is 1. The van der Waals surface area contributed by atoms with Crippen LogP contribution in [-0.4, -0.2) is 16.9 Å². The standard InChI is InChI=1S/C16H21FO3/c1-4-5-6-14(18)12-8-7-11(9-13(12)17)10-16(2,3)15(19)20/h7-9H,4-6,10H2,1-3H3,(H,19,20). The Kier molecular flexibility index (Phi) is 5.43. The summed E-state index contributed by atoms with van der Waals surface area (Å²) < 4.78 is 13.9. The van der Waals surface area contributed by atoms with Crippen LogP contribution in [0.4, 0.5) is 4.39 Å². The maximum absolute atomic E-state index is 13.9. The second kappa shape index (κ2) is 6.64. The second-order valence-corrected chi connectivity index (χ2v) is 5.71. The molecule has 0 fully saturated rings. The van der Waals surface area contributed by atoms with Crippen molar-refractivity contribution >= 4 is 11.8 Å². The van der Waals surface area contributed by atoms with Crippen molar-refractivity contribution in [3.63, 3.8) is 0 Å². The van der Waals surface area contributed by atoms with Gasteiger partial charge in [0.15, 0.2) is 5.78 Å². The molecule has 0 radical (unpaired) electrons. The van der Waals surface area contributed by atoms with Crippen LogP contribution in [0.25, 0.3) is 0 Å². The van der Waals surface area contributed by atoms with Gasteiger partial charge in [-0.3, -0.25) is 9.59 Å². The van der Waals surface area contributed by atoms with Crippen LogP contribution < -0.4 is 0 Å². The molecule has 0 saturated heterocycles. The number of hydrogen-bond acceptors (Lipinski definition) is 2. The van der Waals surface area contributed by atoms with E-state index < -0.39 is 17.2 Å². The van der Waals surface area contributed by atoms with Gasteiger partial charge in [-0.1, -0.05) is 19.4 Å². The zero-order valence-corrected chi connectivity index (χ0v) is 12.2. The van der Waals surface area contributed by atoms with Crippen LogP contribution in [0.3, 0.4) is 0 Å². The van der Waals surface area contributed by atoms with E-state index in [9.17, 15) is 14.0 Å². The highest BCUT2D eigenvalue weighted by molar-refractivity contribution is 5.96. The molecule has 0 aromatic heterocycles. The minimum atomic E-state index is -0.958. The predicted molar refractivity (Wildman–Crippen MR) is 75.4 cm³/mol. The fourth-order valence-electron chi connectivity index (χ4n) is 1.95. The Balaban J connectivity index is 2.88. The van der Waals surface area contributed by atoms with Crippen LogP contribution in [0.5, 0.6) is 0 Å². The van der Waals surface area contributed by atoms with Gasteiger partial charge in [0.25, 0.3) is 0 Å². The van der Waals surface area contributed by atoms with Gasteiger partial charge in [-0.2, -0.15) is 0 Å². The number of ketones is 1. The third kappa shape index (κ3) is 4.15. The lowest BCUT2D eigenvalue weighted by Crippen LogP contribution is -2.26. The molecule has 1 N–H and O–H groups in total. The fraction of sp³-hybridized carbons (Fsp3) is 0.500. The van der Waals surface area contributed by atoms with E-state index in [0.717, 1.165) is 12.8 Å². The first-order valence-corrected chi connectivity index (χ1v) is 6.83. The summed E-state index contributed by atoms with van der Waals surface area (Å²) in [7, 11) is 0. The van der Waals surface area contributed by atoms with Crippen molar-refractivity contribution in [3.8, 4) is 0 Å². The van der Waals surface area contributed by atoms with Gasteiger partial charge in [0.2, 0.25) is 0 Å². The van der Waals surface area contributed by atoms with E-state index in [1.807, 2.05) is 6.92 Å². The summed E-state index contributed by atoms with van der Waals surface area (Å²) in [5, 5.41) is 9.06. The van der Waals surface area contributed by atoms with E-state index in [1.165, 1.54) is 12.1 Å². The number of Topliss-reactive ketones (excluding diaryl/α,β-unsaturated/α-hetero) is 1. The summed E-state index contributed by atoms with van der Waals surface area (Å²) in [5.74, 6) is -1.70. The molecular formula is C16H21FO3. The fourth-order valence-corrected chi connectivity index (χ4v) is 1.95. The largest absolute Gasteiger partial charge is 0.481 e. The van der Waals surface area contributed by atoms with Crippen LogP contribution in [-0.2, 0) is 11.2 Å². The van der Waals surface area contributed by atoms with Crippen LogP contribution >= 0.6 is 0 Å². The normalized spacial score (nSPS) is 11.4. The maximum atomic E-state index is 13.9. The Bertz CT molecular complexity index is 506. The van der Waals surface area contributed by atoms with Crippen molar-refractivity contribution in [1.82, 2.24) is 0 Å². The van der Waals surface area contributed by atoms with E-state index in [2.05, 4.69) is 0 Å². The van der Waals surface area contributed by atoms with Gasteiger partial charge in [0.05, 0.1) is 11.0 Å². The summed E-state index contributed by atoms with van der Waals surface area (Å²) in [4.78, 5) is 22.9. The highest BCUT2D eigenvalue weighted by Crippen LogP contribution is 2.24. The molecule has 0 aliphatic rings. The Morgan fingerprint density at radius 2 is 1.95 bits per heavy atom. The Morgan fingerprint density at radius 1 is 1.30 bits per heavy atom. The maximum Gasteiger partial charge on any atom is 0.309 e. The summed E-state index contributed by atoms with van der Waals surface area (Å²) in [6.45, 7) is 5.15. The SMILES string of the molecule is CCCCC(=O)c1ccc(CC(C)(C)C(=O)O)cc1F. The van der Waals surface area contributed by atoms with E-state index in [1.54, 1.807) is 19.9 Å². The topological polar surface area (TPSA) is 54.4 Å². The van der Waals surface area contributed by atoms with Crippen molar-refractivity contribution in [1.29, 1.82) is 0 Å². The highest BCUT2D eigenvalue weighted by atomic mass is 19.1. The number of carbonyl (C=O) groups excluding carboxylic acids is 1. The van der Waals surface area contributed by atoms with Crippen LogP contribution in [0.1, 0.15) is 56.0 Å². The summed E-state index contributed by atoms with van der Waals surface area (Å²) >= 11 is 0. The lowest BCUT2D eigenvalue weighted by atomic mass is 9.85.